The fourth-order valence-electron chi connectivity index (χ4n) is 1.16. The molecular weight excluding hydrogens is 138 g/mol. The fourth-order valence-corrected chi connectivity index (χ4v) is 1.16. The minimum atomic E-state index is -0.0989. The molecule has 0 saturated heterocycles. The Labute approximate surface area is 67.0 Å². The summed E-state index contributed by atoms with van der Waals surface area (Å²) < 4.78 is 0. The zero-order valence-electron chi connectivity index (χ0n) is 6.60. The van der Waals surface area contributed by atoms with Crippen LogP contribution in [-0.4, -0.2) is 5.91 Å². The SMILES string of the molecule is C=CC(=O)NC1=CCCCC1. The van der Waals surface area contributed by atoms with Crippen LogP contribution in [-0.2, 0) is 4.79 Å². The summed E-state index contributed by atoms with van der Waals surface area (Å²) >= 11 is 0. The molecule has 0 aromatic carbocycles. The highest BCUT2D eigenvalue weighted by Gasteiger charge is 2.04. The molecule has 0 fully saturated rings. The van der Waals surface area contributed by atoms with Gasteiger partial charge in [-0.15, -0.1) is 0 Å². The molecule has 0 spiro atoms. The molecular formula is C9H13NO. The zero-order valence-corrected chi connectivity index (χ0v) is 6.60. The molecule has 0 bridgehead atoms. The molecule has 0 aromatic heterocycles. The molecule has 0 aliphatic heterocycles. The highest BCUT2D eigenvalue weighted by atomic mass is 16.1. The van der Waals surface area contributed by atoms with Gasteiger partial charge in [-0.2, -0.15) is 0 Å². The molecule has 11 heavy (non-hydrogen) atoms. The Hall–Kier alpha value is -1.05. The van der Waals surface area contributed by atoms with Crippen molar-refractivity contribution < 1.29 is 4.79 Å². The maximum atomic E-state index is 10.8. The minimum Gasteiger partial charge on any atom is -0.327 e. The third-order valence-electron chi connectivity index (χ3n) is 1.76. The van der Waals surface area contributed by atoms with E-state index in [-0.39, 0.29) is 5.91 Å². The Morgan fingerprint density at radius 3 is 3.00 bits per heavy atom. The predicted octanol–water partition coefficient (Wildman–Crippen LogP) is 1.75. The normalized spacial score (nSPS) is 16.9. The van der Waals surface area contributed by atoms with E-state index in [1.165, 1.54) is 18.9 Å². The number of carbonyl (C=O) groups is 1. The van der Waals surface area contributed by atoms with E-state index in [1.807, 2.05) is 0 Å². The van der Waals surface area contributed by atoms with E-state index in [9.17, 15) is 4.79 Å². The third kappa shape index (κ3) is 2.58. The van der Waals surface area contributed by atoms with E-state index in [4.69, 9.17) is 0 Å². The van der Waals surface area contributed by atoms with Gasteiger partial charge in [0.1, 0.15) is 0 Å². The number of allylic oxidation sites excluding steroid dienone is 2. The largest absolute Gasteiger partial charge is 0.327 e. The number of hydrogen-bond acceptors (Lipinski definition) is 1. The van der Waals surface area contributed by atoms with Gasteiger partial charge in [0.2, 0.25) is 5.91 Å². The Kier molecular flexibility index (Phi) is 2.90. The van der Waals surface area contributed by atoms with Crippen molar-refractivity contribution in [2.24, 2.45) is 0 Å². The van der Waals surface area contributed by atoms with Crippen LogP contribution in [0.2, 0.25) is 0 Å². The Morgan fingerprint density at radius 2 is 2.45 bits per heavy atom. The highest BCUT2D eigenvalue weighted by Crippen LogP contribution is 2.14. The molecule has 0 atom stereocenters. The molecule has 1 N–H and O–H groups in total. The third-order valence-corrected chi connectivity index (χ3v) is 1.76. The summed E-state index contributed by atoms with van der Waals surface area (Å²) in [7, 11) is 0. The van der Waals surface area contributed by atoms with E-state index in [0.717, 1.165) is 18.5 Å². The van der Waals surface area contributed by atoms with Crippen molar-refractivity contribution in [3.05, 3.63) is 24.4 Å². The summed E-state index contributed by atoms with van der Waals surface area (Å²) in [4.78, 5) is 10.8. The quantitative estimate of drug-likeness (QED) is 0.598. The van der Waals surface area contributed by atoms with Crippen LogP contribution >= 0.6 is 0 Å². The molecule has 0 radical (unpaired) electrons. The summed E-state index contributed by atoms with van der Waals surface area (Å²) in [5.41, 5.74) is 1.06. The first-order valence-corrected chi connectivity index (χ1v) is 3.95. The summed E-state index contributed by atoms with van der Waals surface area (Å²) in [6.45, 7) is 3.39. The molecule has 2 nitrogen and oxygen atoms in total. The summed E-state index contributed by atoms with van der Waals surface area (Å²) in [6.07, 6.45) is 7.91. The lowest BCUT2D eigenvalue weighted by molar-refractivity contribution is -0.115. The van der Waals surface area contributed by atoms with Gasteiger partial charge in [-0.1, -0.05) is 12.7 Å². The Morgan fingerprint density at radius 1 is 1.64 bits per heavy atom. The topological polar surface area (TPSA) is 29.1 Å². The fraction of sp³-hybridized carbons (Fsp3) is 0.444. The number of hydrogen-bond donors (Lipinski definition) is 1. The molecule has 0 aromatic rings. The van der Waals surface area contributed by atoms with Gasteiger partial charge in [0.05, 0.1) is 0 Å². The molecule has 1 rings (SSSR count). The first kappa shape index (κ1) is 8.05. The monoisotopic (exact) mass is 151 g/mol. The van der Waals surface area contributed by atoms with Crippen LogP contribution in [0.4, 0.5) is 0 Å². The molecule has 1 amide bonds. The molecule has 2 heteroatoms. The predicted molar refractivity (Wildman–Crippen MR) is 44.9 cm³/mol. The lowest BCUT2D eigenvalue weighted by Gasteiger charge is -2.12. The molecule has 0 saturated carbocycles. The molecule has 1 aliphatic rings. The van der Waals surface area contributed by atoms with E-state index in [1.54, 1.807) is 0 Å². The molecule has 0 unspecified atom stereocenters. The lowest BCUT2D eigenvalue weighted by atomic mass is 10.1. The summed E-state index contributed by atoms with van der Waals surface area (Å²) in [5, 5.41) is 2.77. The summed E-state index contributed by atoms with van der Waals surface area (Å²) in [6, 6.07) is 0. The number of amides is 1. The standard InChI is InChI=1S/C9H13NO/c1-2-9(11)10-8-6-4-3-5-7-8/h2,6H,1,3-5,7H2,(H,10,11). The van der Waals surface area contributed by atoms with Crippen molar-refractivity contribution in [3.8, 4) is 0 Å². The van der Waals surface area contributed by atoms with Crippen LogP contribution in [0, 0.1) is 0 Å². The second kappa shape index (κ2) is 3.96. The van der Waals surface area contributed by atoms with Gasteiger partial charge in [-0.05, 0) is 31.8 Å². The maximum absolute atomic E-state index is 10.8. The van der Waals surface area contributed by atoms with Crippen LogP contribution < -0.4 is 5.32 Å². The lowest BCUT2D eigenvalue weighted by Crippen LogP contribution is -2.21. The number of rotatable bonds is 2. The van der Waals surface area contributed by atoms with Crippen LogP contribution in [0.3, 0.4) is 0 Å². The van der Waals surface area contributed by atoms with E-state index in [0.29, 0.717) is 0 Å². The Bertz CT molecular complexity index is 194. The van der Waals surface area contributed by atoms with Crippen LogP contribution in [0.5, 0.6) is 0 Å². The van der Waals surface area contributed by atoms with Crippen molar-refractivity contribution in [3.63, 3.8) is 0 Å². The highest BCUT2D eigenvalue weighted by molar-refractivity contribution is 5.88. The second-order valence-electron chi connectivity index (χ2n) is 2.67. The Balaban J connectivity index is 2.41. The van der Waals surface area contributed by atoms with E-state index in [2.05, 4.69) is 18.0 Å². The summed E-state index contributed by atoms with van der Waals surface area (Å²) in [5.74, 6) is -0.0989. The number of nitrogens with one attached hydrogen (secondary N) is 1. The molecule has 60 valence electrons. The van der Waals surface area contributed by atoms with Gasteiger partial charge in [0.25, 0.3) is 0 Å². The second-order valence-corrected chi connectivity index (χ2v) is 2.67. The molecule has 0 heterocycles. The van der Waals surface area contributed by atoms with Crippen LogP contribution in [0.1, 0.15) is 25.7 Å². The van der Waals surface area contributed by atoms with Crippen molar-refractivity contribution in [1.82, 2.24) is 5.32 Å². The first-order chi connectivity index (χ1) is 5.33. The van der Waals surface area contributed by atoms with Crippen molar-refractivity contribution in [2.75, 3.05) is 0 Å². The van der Waals surface area contributed by atoms with Gasteiger partial charge in [-0.25, -0.2) is 0 Å². The van der Waals surface area contributed by atoms with Gasteiger partial charge >= 0.3 is 0 Å². The van der Waals surface area contributed by atoms with Crippen molar-refractivity contribution in [2.45, 2.75) is 25.7 Å². The minimum absolute atomic E-state index is 0.0989. The number of carbonyl (C=O) groups excluding carboxylic acids is 1. The van der Waals surface area contributed by atoms with Crippen LogP contribution in [0.25, 0.3) is 0 Å². The maximum Gasteiger partial charge on any atom is 0.247 e. The zero-order chi connectivity index (χ0) is 8.10. The van der Waals surface area contributed by atoms with Crippen molar-refractivity contribution in [1.29, 1.82) is 0 Å². The van der Waals surface area contributed by atoms with Crippen LogP contribution in [0.15, 0.2) is 24.4 Å². The average molecular weight is 151 g/mol. The van der Waals surface area contributed by atoms with Gasteiger partial charge in [-0.3, -0.25) is 4.79 Å². The average Bonchev–Trinajstić information content (AvgIpc) is 2.06. The smallest absolute Gasteiger partial charge is 0.247 e. The first-order valence-electron chi connectivity index (χ1n) is 3.95. The van der Waals surface area contributed by atoms with E-state index < -0.39 is 0 Å². The van der Waals surface area contributed by atoms with Gasteiger partial charge < -0.3 is 5.32 Å². The van der Waals surface area contributed by atoms with E-state index >= 15 is 0 Å². The van der Waals surface area contributed by atoms with Crippen molar-refractivity contribution >= 4 is 5.91 Å². The van der Waals surface area contributed by atoms with Gasteiger partial charge in [0.15, 0.2) is 0 Å². The molecule has 1 aliphatic carbocycles. The van der Waals surface area contributed by atoms with Gasteiger partial charge in [0, 0.05) is 5.70 Å².